The largest absolute Gasteiger partial charge is 0.494 e. The van der Waals surface area contributed by atoms with Crippen LogP contribution in [0.15, 0.2) is 12.1 Å². The van der Waals surface area contributed by atoms with Gasteiger partial charge in [0.05, 0.1) is 24.3 Å². The molecule has 0 aromatic heterocycles. The summed E-state index contributed by atoms with van der Waals surface area (Å²) in [4.78, 5) is 22.4. The molecule has 0 spiro atoms. The topological polar surface area (TPSA) is 52.6 Å². The third-order valence-electron chi connectivity index (χ3n) is 1.84. The quantitative estimate of drug-likeness (QED) is 0.477. The van der Waals surface area contributed by atoms with E-state index in [2.05, 4.69) is 4.74 Å². The number of carbonyl (C=O) groups excluding carboxylic acids is 2. The van der Waals surface area contributed by atoms with E-state index in [-0.39, 0.29) is 21.4 Å². The van der Waals surface area contributed by atoms with Gasteiger partial charge in [0.25, 0.3) is 5.78 Å². The summed E-state index contributed by atoms with van der Waals surface area (Å²) < 4.78 is 9.20. The fourth-order valence-electron chi connectivity index (χ4n) is 1.10. The van der Waals surface area contributed by atoms with E-state index in [1.165, 1.54) is 19.2 Å². The van der Waals surface area contributed by atoms with Gasteiger partial charge in [-0.25, -0.2) is 4.79 Å². The van der Waals surface area contributed by atoms with Gasteiger partial charge in [0.2, 0.25) is 0 Å². The van der Waals surface area contributed by atoms with Crippen molar-refractivity contribution >= 4 is 35.0 Å². The molecule has 0 bridgehead atoms. The van der Waals surface area contributed by atoms with Crippen LogP contribution in [-0.2, 0) is 9.53 Å². The molecule has 0 unspecified atom stereocenters. The predicted molar refractivity (Wildman–Crippen MR) is 59.4 cm³/mol. The molecule has 1 rings (SSSR count). The van der Waals surface area contributed by atoms with Crippen molar-refractivity contribution in [1.29, 1.82) is 0 Å². The van der Waals surface area contributed by atoms with Gasteiger partial charge in [-0.15, -0.1) is 0 Å². The number of benzene rings is 1. The molecule has 0 saturated carbocycles. The summed E-state index contributed by atoms with van der Waals surface area (Å²) >= 11 is 11.6. The molecule has 0 amide bonds. The van der Waals surface area contributed by atoms with Gasteiger partial charge in [0, 0.05) is 5.56 Å². The van der Waals surface area contributed by atoms with E-state index in [0.717, 1.165) is 7.11 Å². The van der Waals surface area contributed by atoms with Gasteiger partial charge in [-0.05, 0) is 12.1 Å². The number of ketones is 1. The van der Waals surface area contributed by atoms with Crippen molar-refractivity contribution in [3.63, 3.8) is 0 Å². The third-order valence-corrected chi connectivity index (χ3v) is 2.40. The van der Waals surface area contributed by atoms with Crippen molar-refractivity contribution in [2.24, 2.45) is 0 Å². The lowest BCUT2D eigenvalue weighted by Gasteiger charge is -2.07. The second kappa shape index (κ2) is 5.18. The molecular formula is C10H8Cl2O4. The molecule has 4 nitrogen and oxygen atoms in total. The van der Waals surface area contributed by atoms with Crippen LogP contribution in [0.4, 0.5) is 0 Å². The Morgan fingerprint density at radius 2 is 1.62 bits per heavy atom. The zero-order chi connectivity index (χ0) is 12.3. The van der Waals surface area contributed by atoms with Crippen LogP contribution < -0.4 is 4.74 Å². The Bertz CT molecular complexity index is 419. The molecule has 6 heteroatoms. The molecule has 0 saturated heterocycles. The molecule has 16 heavy (non-hydrogen) atoms. The molecule has 0 aliphatic rings. The van der Waals surface area contributed by atoms with E-state index in [1.54, 1.807) is 0 Å². The molecular weight excluding hydrogens is 255 g/mol. The zero-order valence-corrected chi connectivity index (χ0v) is 10.1. The maximum absolute atomic E-state index is 11.4. The van der Waals surface area contributed by atoms with Crippen LogP contribution in [-0.4, -0.2) is 26.0 Å². The van der Waals surface area contributed by atoms with Gasteiger partial charge in [0.1, 0.15) is 0 Å². The molecule has 1 aromatic rings. The van der Waals surface area contributed by atoms with E-state index in [0.29, 0.717) is 0 Å². The number of hydrogen-bond donors (Lipinski definition) is 0. The molecule has 0 N–H and O–H groups in total. The Balaban J connectivity index is 3.18. The maximum atomic E-state index is 11.4. The van der Waals surface area contributed by atoms with Crippen molar-refractivity contribution in [2.75, 3.05) is 14.2 Å². The lowest BCUT2D eigenvalue weighted by atomic mass is 10.1. The Labute approximate surface area is 102 Å². The number of methoxy groups -OCH3 is 2. The number of hydrogen-bond acceptors (Lipinski definition) is 4. The van der Waals surface area contributed by atoms with Gasteiger partial charge in [-0.1, -0.05) is 23.2 Å². The second-order valence-corrected chi connectivity index (χ2v) is 3.61. The fourth-order valence-corrected chi connectivity index (χ4v) is 1.74. The number of esters is 1. The third kappa shape index (κ3) is 2.46. The first-order chi connectivity index (χ1) is 7.51. The van der Waals surface area contributed by atoms with Gasteiger partial charge < -0.3 is 9.47 Å². The number of carbonyl (C=O) groups is 2. The number of rotatable bonds is 3. The van der Waals surface area contributed by atoms with Crippen LogP contribution in [0.2, 0.25) is 10.0 Å². The Morgan fingerprint density at radius 3 is 2.00 bits per heavy atom. The zero-order valence-electron chi connectivity index (χ0n) is 8.54. The summed E-state index contributed by atoms with van der Waals surface area (Å²) in [6.07, 6.45) is 0. The van der Waals surface area contributed by atoms with Crippen LogP contribution in [0.5, 0.6) is 5.75 Å². The lowest BCUT2D eigenvalue weighted by molar-refractivity contribution is -0.135. The van der Waals surface area contributed by atoms with Crippen LogP contribution in [0.3, 0.4) is 0 Å². The van der Waals surface area contributed by atoms with Crippen molar-refractivity contribution < 1.29 is 19.1 Å². The highest BCUT2D eigenvalue weighted by molar-refractivity contribution is 6.43. The summed E-state index contributed by atoms with van der Waals surface area (Å²) in [7, 11) is 2.52. The van der Waals surface area contributed by atoms with Crippen molar-refractivity contribution in [1.82, 2.24) is 0 Å². The summed E-state index contributed by atoms with van der Waals surface area (Å²) in [5.74, 6) is -1.53. The van der Waals surface area contributed by atoms with Gasteiger partial charge in [0.15, 0.2) is 5.75 Å². The second-order valence-electron chi connectivity index (χ2n) is 2.79. The standard InChI is InChI=1S/C10H8Cl2O4/c1-15-9-6(11)3-5(4-7(9)12)8(13)10(14)16-2/h3-4H,1-2H3. The van der Waals surface area contributed by atoms with E-state index < -0.39 is 11.8 Å². The summed E-state index contributed by atoms with van der Waals surface area (Å²) in [5, 5.41) is 0.310. The van der Waals surface area contributed by atoms with E-state index >= 15 is 0 Å². The first kappa shape index (κ1) is 12.8. The molecule has 0 fully saturated rings. The molecule has 0 radical (unpaired) electrons. The minimum atomic E-state index is -0.975. The summed E-state index contributed by atoms with van der Waals surface area (Å²) in [6, 6.07) is 2.59. The minimum absolute atomic E-state index is 0.0580. The highest BCUT2D eigenvalue weighted by atomic mass is 35.5. The Hall–Kier alpha value is -1.26. The minimum Gasteiger partial charge on any atom is -0.494 e. The summed E-state index contributed by atoms with van der Waals surface area (Å²) in [5.41, 5.74) is 0.0580. The van der Waals surface area contributed by atoms with Crippen molar-refractivity contribution in [3.05, 3.63) is 27.7 Å². The maximum Gasteiger partial charge on any atom is 0.379 e. The highest BCUT2D eigenvalue weighted by Gasteiger charge is 2.19. The van der Waals surface area contributed by atoms with Crippen LogP contribution >= 0.6 is 23.2 Å². The Kier molecular flexibility index (Phi) is 4.15. The fraction of sp³-hybridized carbons (Fsp3) is 0.200. The van der Waals surface area contributed by atoms with Crippen molar-refractivity contribution in [2.45, 2.75) is 0 Å². The molecule has 0 atom stereocenters. The first-order valence-electron chi connectivity index (χ1n) is 4.17. The average Bonchev–Trinajstić information content (AvgIpc) is 2.26. The van der Waals surface area contributed by atoms with Crippen LogP contribution in [0.25, 0.3) is 0 Å². The smallest absolute Gasteiger partial charge is 0.379 e. The monoisotopic (exact) mass is 262 g/mol. The highest BCUT2D eigenvalue weighted by Crippen LogP contribution is 2.33. The molecule has 0 aliphatic heterocycles. The summed E-state index contributed by atoms with van der Waals surface area (Å²) in [6.45, 7) is 0. The predicted octanol–water partition coefficient (Wildman–Crippen LogP) is 2.36. The van der Waals surface area contributed by atoms with Crippen LogP contribution in [0, 0.1) is 0 Å². The molecule has 0 aliphatic carbocycles. The number of Topliss-reactive ketones (excluding diaryl/α,β-unsaturated/α-hetero) is 1. The van der Waals surface area contributed by atoms with Gasteiger partial charge in [-0.2, -0.15) is 0 Å². The first-order valence-corrected chi connectivity index (χ1v) is 4.92. The van der Waals surface area contributed by atoms with E-state index in [9.17, 15) is 9.59 Å². The number of halogens is 2. The molecule has 86 valence electrons. The van der Waals surface area contributed by atoms with E-state index in [1.807, 2.05) is 0 Å². The van der Waals surface area contributed by atoms with Gasteiger partial charge >= 0.3 is 5.97 Å². The van der Waals surface area contributed by atoms with Crippen LogP contribution in [0.1, 0.15) is 10.4 Å². The van der Waals surface area contributed by atoms with Gasteiger partial charge in [-0.3, -0.25) is 4.79 Å². The normalized spacial score (nSPS) is 9.75. The number of ether oxygens (including phenoxy) is 2. The lowest BCUT2D eigenvalue weighted by Crippen LogP contribution is -2.15. The molecule has 1 aromatic carbocycles. The molecule has 0 heterocycles. The van der Waals surface area contributed by atoms with E-state index in [4.69, 9.17) is 27.9 Å². The average molecular weight is 263 g/mol. The van der Waals surface area contributed by atoms with Crippen molar-refractivity contribution in [3.8, 4) is 5.75 Å². The SMILES string of the molecule is COC(=O)C(=O)c1cc(Cl)c(OC)c(Cl)c1. The Morgan fingerprint density at radius 1 is 1.12 bits per heavy atom.